The lowest BCUT2D eigenvalue weighted by Gasteiger charge is -2.33. The number of carbonyl (C=O) groups excluding carboxylic acids is 1. The molecule has 33 heavy (non-hydrogen) atoms. The maximum Gasteiger partial charge on any atom is 0.417 e. The second kappa shape index (κ2) is 9.35. The van der Waals surface area contributed by atoms with Crippen molar-refractivity contribution in [3.05, 3.63) is 70.6 Å². The second-order valence-electron chi connectivity index (χ2n) is 7.71. The monoisotopic (exact) mass is 476 g/mol. The first-order valence-corrected chi connectivity index (χ1v) is 10.7. The molecule has 1 atom stereocenters. The Kier molecular flexibility index (Phi) is 6.51. The number of aromatic nitrogens is 3. The molecule has 0 aliphatic carbocycles. The zero-order valence-corrected chi connectivity index (χ0v) is 18.4. The number of aryl methyl sites for hydroxylation is 1. The first-order valence-electron chi connectivity index (χ1n) is 10.3. The Morgan fingerprint density at radius 2 is 1.94 bits per heavy atom. The van der Waals surface area contributed by atoms with E-state index in [9.17, 15) is 18.0 Å². The maximum atomic E-state index is 13.4. The second-order valence-corrected chi connectivity index (χ2v) is 8.12. The van der Waals surface area contributed by atoms with Crippen molar-refractivity contribution in [2.75, 3.05) is 13.1 Å². The molecule has 0 saturated carbocycles. The number of halogens is 4. The highest BCUT2D eigenvalue weighted by Crippen LogP contribution is 2.34. The number of pyridine rings is 1. The van der Waals surface area contributed by atoms with Crippen LogP contribution in [-0.2, 0) is 6.18 Å². The molecular formula is C23H20ClF3N4O2. The number of nitrogens with zero attached hydrogens (tertiary/aromatic N) is 4. The number of hydrogen-bond donors (Lipinski definition) is 0. The lowest BCUT2D eigenvalue weighted by atomic mass is 9.98. The number of amides is 1. The highest BCUT2D eigenvalue weighted by molar-refractivity contribution is 6.31. The molecule has 3 aromatic rings. The summed E-state index contributed by atoms with van der Waals surface area (Å²) in [5.74, 6) is 0.184. The molecule has 3 heterocycles. The highest BCUT2D eigenvalue weighted by Gasteiger charge is 2.33. The Labute approximate surface area is 193 Å². The van der Waals surface area contributed by atoms with E-state index in [1.54, 1.807) is 35.5 Å². The van der Waals surface area contributed by atoms with Crippen LogP contribution in [0.4, 0.5) is 13.2 Å². The van der Waals surface area contributed by atoms with Gasteiger partial charge in [-0.3, -0.25) is 4.79 Å². The molecular weight excluding hydrogens is 457 g/mol. The normalized spacial score (nSPS) is 16.5. The van der Waals surface area contributed by atoms with Gasteiger partial charge in [0.2, 0.25) is 5.88 Å². The molecule has 6 nitrogen and oxygen atoms in total. The van der Waals surface area contributed by atoms with Crippen LogP contribution < -0.4 is 4.74 Å². The lowest BCUT2D eigenvalue weighted by Crippen LogP contribution is -2.44. The van der Waals surface area contributed by atoms with E-state index >= 15 is 0 Å². The van der Waals surface area contributed by atoms with Crippen molar-refractivity contribution in [1.82, 2.24) is 19.9 Å². The molecule has 10 heteroatoms. The zero-order chi connectivity index (χ0) is 23.6. The number of likely N-dealkylation sites (tertiary alicyclic amines) is 1. The van der Waals surface area contributed by atoms with Crippen molar-refractivity contribution in [2.45, 2.75) is 32.0 Å². The van der Waals surface area contributed by atoms with E-state index in [1.165, 1.54) is 0 Å². The summed E-state index contributed by atoms with van der Waals surface area (Å²) < 4.78 is 44.3. The van der Waals surface area contributed by atoms with Gasteiger partial charge in [-0.2, -0.15) is 13.2 Å². The zero-order valence-electron chi connectivity index (χ0n) is 17.6. The fourth-order valence-corrected chi connectivity index (χ4v) is 4.00. The van der Waals surface area contributed by atoms with E-state index in [0.29, 0.717) is 42.5 Å². The molecule has 1 unspecified atom stereocenters. The molecule has 1 aliphatic heterocycles. The number of rotatable bonds is 4. The fraction of sp³-hybridized carbons (Fsp3) is 0.304. The smallest absolute Gasteiger partial charge is 0.417 e. The van der Waals surface area contributed by atoms with E-state index in [4.69, 9.17) is 16.3 Å². The minimum atomic E-state index is -4.54. The summed E-state index contributed by atoms with van der Waals surface area (Å²) in [5, 5.41) is -0.226. The molecule has 1 aliphatic rings. The average molecular weight is 477 g/mol. The van der Waals surface area contributed by atoms with Gasteiger partial charge in [0, 0.05) is 30.7 Å². The molecule has 0 radical (unpaired) electrons. The largest absolute Gasteiger partial charge is 0.471 e. The van der Waals surface area contributed by atoms with Gasteiger partial charge in [0.05, 0.1) is 17.7 Å². The van der Waals surface area contributed by atoms with Crippen LogP contribution in [0.25, 0.3) is 11.4 Å². The first kappa shape index (κ1) is 23.0. The predicted molar refractivity (Wildman–Crippen MR) is 116 cm³/mol. The van der Waals surface area contributed by atoms with E-state index in [2.05, 4.69) is 15.0 Å². The third-order valence-electron chi connectivity index (χ3n) is 5.37. The van der Waals surface area contributed by atoms with Gasteiger partial charge in [-0.15, -0.1) is 0 Å². The number of alkyl halides is 3. The van der Waals surface area contributed by atoms with Crippen molar-refractivity contribution >= 4 is 17.5 Å². The number of hydrogen-bond acceptors (Lipinski definition) is 5. The van der Waals surface area contributed by atoms with Crippen LogP contribution >= 0.6 is 11.6 Å². The molecule has 1 saturated heterocycles. The summed E-state index contributed by atoms with van der Waals surface area (Å²) in [7, 11) is 0. The standard InChI is InChI=1S/C23H20ClF3N4O2/c1-14-5-2-7-17(19(14)20-28-8-4-9-29-20)22(32)31-10-3-6-16(13-31)33-21-18(24)11-15(12-30-21)23(25,26)27/h2,4-5,7-9,11-12,16H,3,6,10,13H2,1H3. The molecule has 1 fully saturated rings. The third-order valence-corrected chi connectivity index (χ3v) is 5.64. The Balaban J connectivity index is 1.53. The number of ether oxygens (including phenoxy) is 1. The maximum absolute atomic E-state index is 13.4. The Morgan fingerprint density at radius 3 is 2.64 bits per heavy atom. The van der Waals surface area contributed by atoms with Crippen LogP contribution in [0.15, 0.2) is 48.9 Å². The van der Waals surface area contributed by atoms with Crippen LogP contribution in [0, 0.1) is 6.92 Å². The Morgan fingerprint density at radius 1 is 1.18 bits per heavy atom. The summed E-state index contributed by atoms with van der Waals surface area (Å²) in [6, 6.07) is 7.92. The molecule has 2 aromatic heterocycles. The van der Waals surface area contributed by atoms with Crippen molar-refractivity contribution < 1.29 is 22.7 Å². The molecule has 172 valence electrons. The van der Waals surface area contributed by atoms with Gasteiger partial charge >= 0.3 is 6.18 Å². The van der Waals surface area contributed by atoms with Crippen LogP contribution in [0.1, 0.15) is 34.3 Å². The Bertz CT molecular complexity index is 1160. The fourth-order valence-electron chi connectivity index (χ4n) is 3.79. The van der Waals surface area contributed by atoms with Crippen LogP contribution in [0.2, 0.25) is 5.02 Å². The minimum Gasteiger partial charge on any atom is -0.471 e. The molecule has 1 amide bonds. The molecule has 1 aromatic carbocycles. The van der Waals surface area contributed by atoms with Crippen LogP contribution in [0.5, 0.6) is 5.88 Å². The average Bonchev–Trinajstić information content (AvgIpc) is 2.80. The van der Waals surface area contributed by atoms with Crippen LogP contribution in [-0.4, -0.2) is 45.0 Å². The van der Waals surface area contributed by atoms with Gasteiger partial charge in [-0.05, 0) is 43.5 Å². The lowest BCUT2D eigenvalue weighted by molar-refractivity contribution is -0.137. The van der Waals surface area contributed by atoms with Gasteiger partial charge in [0.1, 0.15) is 11.1 Å². The summed E-state index contributed by atoms with van der Waals surface area (Å²) >= 11 is 5.97. The highest BCUT2D eigenvalue weighted by atomic mass is 35.5. The summed E-state index contributed by atoms with van der Waals surface area (Å²) in [6.07, 6.45) is 0.209. The van der Waals surface area contributed by atoms with Gasteiger partial charge < -0.3 is 9.64 Å². The summed E-state index contributed by atoms with van der Waals surface area (Å²) in [4.78, 5) is 27.4. The predicted octanol–water partition coefficient (Wildman–Crippen LogP) is 5.20. The number of carbonyl (C=O) groups is 1. The molecule has 0 bridgehead atoms. The third kappa shape index (κ3) is 5.08. The van der Waals surface area contributed by atoms with Gasteiger partial charge in [0.25, 0.3) is 5.91 Å². The number of piperidine rings is 1. The van der Waals surface area contributed by atoms with E-state index in [-0.39, 0.29) is 23.4 Å². The molecule has 0 N–H and O–H groups in total. The number of benzene rings is 1. The van der Waals surface area contributed by atoms with Crippen molar-refractivity contribution in [3.8, 4) is 17.3 Å². The first-order chi connectivity index (χ1) is 15.7. The van der Waals surface area contributed by atoms with E-state index < -0.39 is 17.8 Å². The van der Waals surface area contributed by atoms with Crippen molar-refractivity contribution in [2.24, 2.45) is 0 Å². The van der Waals surface area contributed by atoms with Gasteiger partial charge in [-0.1, -0.05) is 23.7 Å². The van der Waals surface area contributed by atoms with Gasteiger partial charge in [-0.25, -0.2) is 15.0 Å². The summed E-state index contributed by atoms with van der Waals surface area (Å²) in [5.41, 5.74) is 1.07. The van der Waals surface area contributed by atoms with E-state index in [1.807, 2.05) is 13.0 Å². The molecule has 4 rings (SSSR count). The van der Waals surface area contributed by atoms with Crippen molar-refractivity contribution in [3.63, 3.8) is 0 Å². The van der Waals surface area contributed by atoms with E-state index in [0.717, 1.165) is 11.6 Å². The van der Waals surface area contributed by atoms with Gasteiger partial charge in [0.15, 0.2) is 5.82 Å². The Hall–Kier alpha value is -3.20. The topological polar surface area (TPSA) is 68.2 Å². The SMILES string of the molecule is Cc1cccc(C(=O)N2CCCC(Oc3ncc(C(F)(F)F)cc3Cl)C2)c1-c1ncccn1. The molecule has 0 spiro atoms. The summed E-state index contributed by atoms with van der Waals surface area (Å²) in [6.45, 7) is 2.67. The van der Waals surface area contributed by atoms with Crippen LogP contribution in [0.3, 0.4) is 0 Å². The minimum absolute atomic E-state index is 0.0853. The van der Waals surface area contributed by atoms with Crippen molar-refractivity contribution in [1.29, 1.82) is 0 Å². The quantitative estimate of drug-likeness (QED) is 0.517.